The number of nitro groups is 1. The van der Waals surface area contributed by atoms with Gasteiger partial charge in [0.15, 0.2) is 11.5 Å². The van der Waals surface area contributed by atoms with Crippen molar-refractivity contribution in [3.8, 4) is 5.75 Å². The van der Waals surface area contributed by atoms with Crippen LogP contribution in [-0.4, -0.2) is 53.4 Å². The molecule has 152 valence electrons. The normalized spacial score (nSPS) is 15.0. The molecule has 2 aromatic carbocycles. The summed E-state index contributed by atoms with van der Waals surface area (Å²) in [5.41, 5.74) is 0.616. The quantitative estimate of drug-likeness (QED) is 0.346. The summed E-state index contributed by atoms with van der Waals surface area (Å²) in [6.07, 6.45) is 2.62. The number of halogens is 1. The molecule has 0 bridgehead atoms. The SMILES string of the molecule is CCN1CCN(c2ccc(C(=O)C=Cc3ccc(O)c([N+](=O)[O-])c3)cc2F)CC1. The van der Waals surface area contributed by atoms with Gasteiger partial charge in [-0.15, -0.1) is 0 Å². The molecule has 0 saturated carbocycles. The first-order valence-electron chi connectivity index (χ1n) is 9.35. The maximum absolute atomic E-state index is 14.6. The van der Waals surface area contributed by atoms with Gasteiger partial charge in [-0.2, -0.15) is 0 Å². The van der Waals surface area contributed by atoms with Gasteiger partial charge in [0, 0.05) is 37.8 Å². The molecule has 1 heterocycles. The number of aromatic hydroxyl groups is 1. The second-order valence-electron chi connectivity index (χ2n) is 6.79. The molecule has 7 nitrogen and oxygen atoms in total. The van der Waals surface area contributed by atoms with E-state index in [0.717, 1.165) is 32.7 Å². The Morgan fingerprint density at radius 2 is 1.93 bits per heavy atom. The Morgan fingerprint density at radius 3 is 2.55 bits per heavy atom. The minimum atomic E-state index is -0.705. The molecule has 0 atom stereocenters. The van der Waals surface area contributed by atoms with Crippen molar-refractivity contribution in [1.82, 2.24) is 4.90 Å². The Bertz CT molecular complexity index is 953. The lowest BCUT2D eigenvalue weighted by atomic mass is 10.1. The van der Waals surface area contributed by atoms with Crippen molar-refractivity contribution < 1.29 is 19.2 Å². The number of carbonyl (C=O) groups excluding carboxylic acids is 1. The van der Waals surface area contributed by atoms with Crippen molar-refractivity contribution >= 4 is 23.2 Å². The van der Waals surface area contributed by atoms with E-state index in [1.807, 2.05) is 4.90 Å². The molecule has 0 amide bonds. The van der Waals surface area contributed by atoms with Gasteiger partial charge in [0.2, 0.25) is 0 Å². The maximum atomic E-state index is 14.6. The average molecular weight is 399 g/mol. The van der Waals surface area contributed by atoms with Crippen molar-refractivity contribution in [1.29, 1.82) is 0 Å². The molecule has 0 aliphatic carbocycles. The van der Waals surface area contributed by atoms with Crippen LogP contribution in [0.3, 0.4) is 0 Å². The van der Waals surface area contributed by atoms with Crippen LogP contribution in [0.1, 0.15) is 22.8 Å². The lowest BCUT2D eigenvalue weighted by Gasteiger charge is -2.35. The summed E-state index contributed by atoms with van der Waals surface area (Å²) in [4.78, 5) is 26.8. The summed E-state index contributed by atoms with van der Waals surface area (Å²) in [6, 6.07) is 8.22. The number of carbonyl (C=O) groups is 1. The van der Waals surface area contributed by atoms with Crippen molar-refractivity contribution in [2.24, 2.45) is 0 Å². The predicted molar refractivity (Wildman–Crippen MR) is 109 cm³/mol. The number of rotatable bonds is 6. The van der Waals surface area contributed by atoms with Crippen molar-refractivity contribution in [2.45, 2.75) is 6.92 Å². The molecule has 3 rings (SSSR count). The van der Waals surface area contributed by atoms with E-state index in [9.17, 15) is 24.4 Å². The van der Waals surface area contributed by atoms with Crippen molar-refractivity contribution in [2.75, 3.05) is 37.6 Å². The molecule has 0 unspecified atom stereocenters. The van der Waals surface area contributed by atoms with E-state index in [-0.39, 0.29) is 5.56 Å². The number of nitrogens with zero attached hydrogens (tertiary/aromatic N) is 3. The smallest absolute Gasteiger partial charge is 0.311 e. The third-order valence-electron chi connectivity index (χ3n) is 5.02. The molecule has 0 aromatic heterocycles. The zero-order chi connectivity index (χ0) is 21.0. The number of ketones is 1. The van der Waals surface area contributed by atoms with Gasteiger partial charge >= 0.3 is 5.69 Å². The van der Waals surface area contributed by atoms with Crippen LogP contribution in [0.5, 0.6) is 5.75 Å². The first kappa shape index (κ1) is 20.5. The lowest BCUT2D eigenvalue weighted by molar-refractivity contribution is -0.385. The molecule has 29 heavy (non-hydrogen) atoms. The number of hydrogen-bond acceptors (Lipinski definition) is 6. The van der Waals surface area contributed by atoms with Crippen LogP contribution >= 0.6 is 0 Å². The van der Waals surface area contributed by atoms with Crippen LogP contribution in [0.4, 0.5) is 15.8 Å². The number of hydrogen-bond donors (Lipinski definition) is 1. The minimum Gasteiger partial charge on any atom is -0.502 e. The highest BCUT2D eigenvalue weighted by molar-refractivity contribution is 6.07. The van der Waals surface area contributed by atoms with E-state index in [1.54, 1.807) is 12.1 Å². The fourth-order valence-electron chi connectivity index (χ4n) is 3.28. The van der Waals surface area contributed by atoms with E-state index in [0.29, 0.717) is 11.3 Å². The van der Waals surface area contributed by atoms with E-state index >= 15 is 0 Å². The van der Waals surface area contributed by atoms with Gasteiger partial charge in [-0.1, -0.05) is 19.1 Å². The first-order chi connectivity index (χ1) is 13.9. The maximum Gasteiger partial charge on any atom is 0.311 e. The van der Waals surface area contributed by atoms with E-state index < -0.39 is 28.0 Å². The highest BCUT2D eigenvalue weighted by atomic mass is 19.1. The number of anilines is 1. The summed E-state index contributed by atoms with van der Waals surface area (Å²) >= 11 is 0. The van der Waals surface area contributed by atoms with E-state index in [4.69, 9.17) is 0 Å². The number of likely N-dealkylation sites (N-methyl/N-ethyl adjacent to an activating group) is 1. The van der Waals surface area contributed by atoms with Gasteiger partial charge in [-0.3, -0.25) is 14.9 Å². The molecule has 1 aliphatic rings. The summed E-state index contributed by atoms with van der Waals surface area (Å²) in [7, 11) is 0. The number of benzene rings is 2. The van der Waals surface area contributed by atoms with Gasteiger partial charge in [0.05, 0.1) is 10.6 Å². The van der Waals surface area contributed by atoms with E-state index in [2.05, 4.69) is 11.8 Å². The standard InChI is InChI=1S/C21H22FN3O4/c1-2-23-9-11-24(12-10-23)18-6-5-16(14-17(18)22)20(26)7-3-15-4-8-21(27)19(13-15)25(28)29/h3-8,13-14,27H,2,9-12H2,1H3. The molecule has 1 aliphatic heterocycles. The average Bonchev–Trinajstić information content (AvgIpc) is 2.72. The number of phenols is 1. The fraction of sp³-hybridized carbons (Fsp3) is 0.286. The molecule has 1 fully saturated rings. The van der Waals surface area contributed by atoms with Crippen molar-refractivity contribution in [3.63, 3.8) is 0 Å². The lowest BCUT2D eigenvalue weighted by Crippen LogP contribution is -2.46. The largest absolute Gasteiger partial charge is 0.502 e. The Balaban J connectivity index is 1.72. The zero-order valence-corrected chi connectivity index (χ0v) is 16.0. The third-order valence-corrected chi connectivity index (χ3v) is 5.02. The Labute approximate surface area is 167 Å². The molecular weight excluding hydrogens is 377 g/mol. The van der Waals surface area contributed by atoms with Gasteiger partial charge in [-0.05, 0) is 42.4 Å². The number of piperazine rings is 1. The molecule has 0 radical (unpaired) electrons. The second kappa shape index (κ2) is 8.83. The van der Waals surface area contributed by atoms with Gasteiger partial charge in [0.25, 0.3) is 0 Å². The van der Waals surface area contributed by atoms with Crippen LogP contribution in [0.15, 0.2) is 42.5 Å². The van der Waals surface area contributed by atoms with Crippen LogP contribution in [0.2, 0.25) is 0 Å². The fourth-order valence-corrected chi connectivity index (χ4v) is 3.28. The Kier molecular flexibility index (Phi) is 6.23. The highest BCUT2D eigenvalue weighted by Gasteiger charge is 2.19. The van der Waals surface area contributed by atoms with Gasteiger partial charge < -0.3 is 14.9 Å². The van der Waals surface area contributed by atoms with E-state index in [1.165, 1.54) is 36.4 Å². The first-order valence-corrected chi connectivity index (χ1v) is 9.35. The summed E-state index contributed by atoms with van der Waals surface area (Å²) in [5.74, 6) is -1.31. The summed E-state index contributed by atoms with van der Waals surface area (Å²) in [6.45, 7) is 6.28. The number of phenolic OH excluding ortho intramolecular Hbond substituents is 1. The topological polar surface area (TPSA) is 86.9 Å². The number of allylic oxidation sites excluding steroid dienone is 1. The Hall–Kier alpha value is -3.26. The molecule has 1 N–H and O–H groups in total. The predicted octanol–water partition coefficient (Wildman–Crippen LogP) is 3.48. The minimum absolute atomic E-state index is 0.197. The summed E-state index contributed by atoms with van der Waals surface area (Å²) in [5, 5.41) is 20.3. The summed E-state index contributed by atoms with van der Waals surface area (Å²) < 4.78 is 14.6. The second-order valence-corrected chi connectivity index (χ2v) is 6.79. The van der Waals surface area contributed by atoms with Crippen LogP contribution < -0.4 is 4.90 Å². The Morgan fingerprint density at radius 1 is 1.21 bits per heavy atom. The molecular formula is C21H22FN3O4. The zero-order valence-electron chi connectivity index (χ0n) is 16.0. The van der Waals surface area contributed by atoms with Crippen molar-refractivity contribution in [3.05, 3.63) is 69.5 Å². The molecule has 8 heteroatoms. The monoisotopic (exact) mass is 399 g/mol. The van der Waals surface area contributed by atoms with Crippen LogP contribution in [0.25, 0.3) is 6.08 Å². The third kappa shape index (κ3) is 4.78. The number of nitro benzene ring substituents is 1. The van der Waals surface area contributed by atoms with Gasteiger partial charge in [0.1, 0.15) is 5.82 Å². The van der Waals surface area contributed by atoms with Crippen LogP contribution in [-0.2, 0) is 0 Å². The molecule has 0 spiro atoms. The highest BCUT2D eigenvalue weighted by Crippen LogP contribution is 2.27. The van der Waals surface area contributed by atoms with Crippen LogP contribution in [0, 0.1) is 15.9 Å². The molecule has 2 aromatic rings. The molecule has 1 saturated heterocycles. The van der Waals surface area contributed by atoms with Gasteiger partial charge in [-0.25, -0.2) is 4.39 Å².